The lowest BCUT2D eigenvalue weighted by Crippen LogP contribution is -2.30. The van der Waals surface area contributed by atoms with Crippen LogP contribution >= 0.6 is 0 Å². The maximum absolute atomic E-state index is 12.4. The predicted octanol–water partition coefficient (Wildman–Crippen LogP) is 5.49. The molecule has 3 rings (SSSR count). The smallest absolute Gasteiger partial charge is 0.314 e. The van der Waals surface area contributed by atoms with Gasteiger partial charge in [-0.15, -0.1) is 0 Å². The van der Waals surface area contributed by atoms with E-state index in [-0.39, 0.29) is 11.9 Å². The highest BCUT2D eigenvalue weighted by molar-refractivity contribution is 5.75. The Morgan fingerprint density at radius 1 is 1.00 bits per heavy atom. The summed E-state index contributed by atoms with van der Waals surface area (Å²) in [5, 5.41) is 8.82. The molecule has 2 fully saturated rings. The second-order valence-corrected chi connectivity index (χ2v) is 7.86. The van der Waals surface area contributed by atoms with Gasteiger partial charge in [-0.25, -0.2) is 0 Å². The molecule has 1 aromatic rings. The Morgan fingerprint density at radius 3 is 2.08 bits per heavy atom. The van der Waals surface area contributed by atoms with Gasteiger partial charge in [0.2, 0.25) is 0 Å². The molecule has 3 nitrogen and oxygen atoms in total. The molecule has 0 aromatic heterocycles. The second-order valence-electron chi connectivity index (χ2n) is 7.86. The standard InChI is InChI=1S/C22H29NO2/c1-2-16-3-7-18(8-4-16)19-9-11-20(12-10-19)22(24)25-21-13-5-17(15-23)6-14-21/h5-6,13-14,16,18-20H,2-4,7-12H2,1H3. The number of nitriles is 1. The third kappa shape index (κ3) is 4.63. The minimum Gasteiger partial charge on any atom is -0.426 e. The fraction of sp³-hybridized carbons (Fsp3) is 0.636. The van der Waals surface area contributed by atoms with Gasteiger partial charge < -0.3 is 4.74 Å². The van der Waals surface area contributed by atoms with Crippen molar-refractivity contribution in [1.82, 2.24) is 0 Å². The molecule has 2 aliphatic carbocycles. The molecule has 1 aromatic carbocycles. The maximum atomic E-state index is 12.4. The first kappa shape index (κ1) is 18.0. The average Bonchev–Trinajstić information content (AvgIpc) is 2.69. The fourth-order valence-electron chi connectivity index (χ4n) is 4.69. The van der Waals surface area contributed by atoms with Gasteiger partial charge in [0, 0.05) is 0 Å². The highest BCUT2D eigenvalue weighted by Crippen LogP contribution is 2.42. The molecule has 0 unspecified atom stereocenters. The first-order valence-electron chi connectivity index (χ1n) is 9.91. The van der Waals surface area contributed by atoms with Crippen LogP contribution in [0.25, 0.3) is 0 Å². The Hall–Kier alpha value is -1.82. The summed E-state index contributed by atoms with van der Waals surface area (Å²) in [4.78, 5) is 12.4. The largest absolute Gasteiger partial charge is 0.426 e. The summed E-state index contributed by atoms with van der Waals surface area (Å²) in [6.07, 6.45) is 11.2. The zero-order valence-corrected chi connectivity index (χ0v) is 15.2. The molecule has 0 radical (unpaired) electrons. The number of esters is 1. The normalized spacial score (nSPS) is 29.6. The van der Waals surface area contributed by atoms with E-state index in [1.807, 2.05) is 0 Å². The summed E-state index contributed by atoms with van der Waals surface area (Å²) >= 11 is 0. The van der Waals surface area contributed by atoms with E-state index in [1.165, 1.54) is 44.9 Å². The monoisotopic (exact) mass is 339 g/mol. The Bertz CT molecular complexity index is 600. The quantitative estimate of drug-likeness (QED) is 0.538. The lowest BCUT2D eigenvalue weighted by molar-refractivity contribution is -0.140. The van der Waals surface area contributed by atoms with Crippen LogP contribution in [0.1, 0.15) is 70.3 Å². The molecule has 0 spiro atoms. The van der Waals surface area contributed by atoms with Gasteiger partial charge in [0.1, 0.15) is 5.75 Å². The minimum atomic E-state index is -0.0992. The van der Waals surface area contributed by atoms with Crippen LogP contribution in [-0.2, 0) is 4.79 Å². The van der Waals surface area contributed by atoms with Crippen LogP contribution in [0.5, 0.6) is 5.75 Å². The van der Waals surface area contributed by atoms with Crippen LogP contribution in [0, 0.1) is 35.0 Å². The van der Waals surface area contributed by atoms with Gasteiger partial charge in [-0.1, -0.05) is 26.2 Å². The van der Waals surface area contributed by atoms with Crippen molar-refractivity contribution in [3.63, 3.8) is 0 Å². The van der Waals surface area contributed by atoms with Crippen LogP contribution in [0.2, 0.25) is 0 Å². The SMILES string of the molecule is CCC1CCC(C2CCC(C(=O)Oc3ccc(C#N)cc3)CC2)CC1. The third-order valence-electron chi connectivity index (χ3n) is 6.44. The molecule has 134 valence electrons. The first-order valence-corrected chi connectivity index (χ1v) is 9.91. The molecule has 25 heavy (non-hydrogen) atoms. The van der Waals surface area contributed by atoms with Crippen LogP contribution in [0.15, 0.2) is 24.3 Å². The Labute approximate surface area is 151 Å². The summed E-state index contributed by atoms with van der Waals surface area (Å²) in [6, 6.07) is 8.85. The second kappa shape index (κ2) is 8.52. The van der Waals surface area contributed by atoms with Crippen molar-refractivity contribution in [2.45, 2.75) is 64.7 Å². The molecule has 2 aliphatic rings. The predicted molar refractivity (Wildman–Crippen MR) is 98.0 cm³/mol. The molecule has 0 heterocycles. The van der Waals surface area contributed by atoms with Gasteiger partial charge in [-0.3, -0.25) is 4.79 Å². The number of hydrogen-bond donors (Lipinski definition) is 0. The number of hydrogen-bond acceptors (Lipinski definition) is 3. The number of carbonyl (C=O) groups excluding carboxylic acids is 1. The highest BCUT2D eigenvalue weighted by Gasteiger charge is 2.33. The molecule has 0 bridgehead atoms. The first-order chi connectivity index (χ1) is 12.2. The zero-order valence-electron chi connectivity index (χ0n) is 15.2. The zero-order chi connectivity index (χ0) is 17.6. The molecule has 0 saturated heterocycles. The lowest BCUT2D eigenvalue weighted by Gasteiger charge is -2.37. The van der Waals surface area contributed by atoms with Crippen molar-refractivity contribution in [1.29, 1.82) is 5.26 Å². The van der Waals surface area contributed by atoms with E-state index in [1.54, 1.807) is 24.3 Å². The topological polar surface area (TPSA) is 50.1 Å². The van der Waals surface area contributed by atoms with Crippen molar-refractivity contribution in [2.75, 3.05) is 0 Å². The molecule has 0 N–H and O–H groups in total. The number of benzene rings is 1. The van der Waals surface area contributed by atoms with Crippen LogP contribution in [0.3, 0.4) is 0 Å². The molecular weight excluding hydrogens is 310 g/mol. The Balaban J connectivity index is 1.45. The highest BCUT2D eigenvalue weighted by atomic mass is 16.5. The van der Waals surface area contributed by atoms with Crippen LogP contribution < -0.4 is 4.74 Å². The molecule has 0 aliphatic heterocycles. The van der Waals surface area contributed by atoms with Crippen molar-refractivity contribution in [3.05, 3.63) is 29.8 Å². The number of nitrogens with zero attached hydrogens (tertiary/aromatic N) is 1. The van der Waals surface area contributed by atoms with Crippen molar-refractivity contribution in [2.24, 2.45) is 23.7 Å². The van der Waals surface area contributed by atoms with Crippen molar-refractivity contribution >= 4 is 5.97 Å². The van der Waals surface area contributed by atoms with Gasteiger partial charge in [-0.05, 0) is 80.5 Å². The van der Waals surface area contributed by atoms with Crippen LogP contribution in [-0.4, -0.2) is 5.97 Å². The van der Waals surface area contributed by atoms with Crippen molar-refractivity contribution < 1.29 is 9.53 Å². The summed E-state index contributed by atoms with van der Waals surface area (Å²) in [7, 11) is 0. The molecule has 2 saturated carbocycles. The fourth-order valence-corrected chi connectivity index (χ4v) is 4.69. The van der Waals surface area contributed by atoms with E-state index < -0.39 is 0 Å². The van der Waals surface area contributed by atoms with E-state index in [9.17, 15) is 4.79 Å². The Kier molecular flexibility index (Phi) is 6.13. The van der Waals surface area contributed by atoms with Gasteiger partial charge in [0.05, 0.1) is 17.6 Å². The number of rotatable bonds is 4. The van der Waals surface area contributed by atoms with E-state index in [0.29, 0.717) is 11.3 Å². The van der Waals surface area contributed by atoms with Gasteiger partial charge >= 0.3 is 5.97 Å². The summed E-state index contributed by atoms with van der Waals surface area (Å²) in [5.41, 5.74) is 0.582. The molecule has 0 amide bonds. The average molecular weight is 339 g/mol. The minimum absolute atomic E-state index is 0.0406. The number of carbonyl (C=O) groups is 1. The van der Waals surface area contributed by atoms with Crippen LogP contribution in [0.4, 0.5) is 0 Å². The van der Waals surface area contributed by atoms with E-state index in [0.717, 1.165) is 30.6 Å². The van der Waals surface area contributed by atoms with E-state index >= 15 is 0 Å². The summed E-state index contributed by atoms with van der Waals surface area (Å²) in [5.74, 6) is 3.14. The van der Waals surface area contributed by atoms with Gasteiger partial charge in [0.25, 0.3) is 0 Å². The molecule has 0 atom stereocenters. The third-order valence-corrected chi connectivity index (χ3v) is 6.44. The maximum Gasteiger partial charge on any atom is 0.314 e. The summed E-state index contributed by atoms with van der Waals surface area (Å²) < 4.78 is 5.51. The lowest BCUT2D eigenvalue weighted by atomic mass is 9.69. The number of ether oxygens (including phenoxy) is 1. The Morgan fingerprint density at radius 2 is 1.56 bits per heavy atom. The molecular formula is C22H29NO2. The molecule has 3 heteroatoms. The van der Waals surface area contributed by atoms with Gasteiger partial charge in [-0.2, -0.15) is 5.26 Å². The van der Waals surface area contributed by atoms with Crippen molar-refractivity contribution in [3.8, 4) is 11.8 Å². The van der Waals surface area contributed by atoms with E-state index in [2.05, 4.69) is 13.0 Å². The van der Waals surface area contributed by atoms with E-state index in [4.69, 9.17) is 10.00 Å². The van der Waals surface area contributed by atoms with Gasteiger partial charge in [0.15, 0.2) is 0 Å². The summed E-state index contributed by atoms with van der Waals surface area (Å²) in [6.45, 7) is 2.32.